The van der Waals surface area contributed by atoms with Crippen molar-refractivity contribution in [3.05, 3.63) is 64.2 Å². The highest BCUT2D eigenvalue weighted by Gasteiger charge is 2.30. The van der Waals surface area contributed by atoms with E-state index in [0.29, 0.717) is 12.0 Å². The number of nitrogens with zero attached hydrogens (tertiary/aromatic N) is 3. The van der Waals surface area contributed by atoms with Crippen molar-refractivity contribution >= 4 is 27.6 Å². The molecule has 168 valence electrons. The molecule has 0 unspecified atom stereocenters. The van der Waals surface area contributed by atoms with Gasteiger partial charge in [-0.25, -0.2) is 4.79 Å². The molecule has 6 rings (SSSR count). The number of benzene rings is 2. The minimum Gasteiger partial charge on any atom is -0.367 e. The van der Waals surface area contributed by atoms with E-state index in [-0.39, 0.29) is 5.69 Å². The number of piperazine rings is 1. The molecule has 1 aliphatic heterocycles. The number of nitrogens with one attached hydrogen (secondary N) is 3. The molecule has 7 heteroatoms. The predicted octanol–water partition coefficient (Wildman–Crippen LogP) is 4.06. The average molecular weight is 441 g/mol. The van der Waals surface area contributed by atoms with Gasteiger partial charge in [-0.1, -0.05) is 6.07 Å². The van der Waals surface area contributed by atoms with Gasteiger partial charge in [-0.3, -0.25) is 4.90 Å². The smallest absolute Gasteiger partial charge is 0.323 e. The van der Waals surface area contributed by atoms with E-state index < -0.39 is 0 Å². The van der Waals surface area contributed by atoms with Gasteiger partial charge >= 0.3 is 5.69 Å². The van der Waals surface area contributed by atoms with Crippen LogP contribution in [0.5, 0.6) is 0 Å². The number of aromatic nitrogens is 3. The lowest BCUT2D eigenvalue weighted by molar-refractivity contribution is 0.141. The Hall–Kier alpha value is -3.50. The van der Waals surface area contributed by atoms with E-state index in [4.69, 9.17) is 0 Å². The SMILES string of the molecule is N#Cc1ccc2[nH]cc(C3CCC(N4CCN(c5cccc6[nH]c(=O)[nH]c56)CC4)CC3)c2c1. The van der Waals surface area contributed by atoms with Crippen LogP contribution in [-0.4, -0.2) is 52.1 Å². The van der Waals surface area contributed by atoms with Crippen LogP contribution in [0.1, 0.15) is 42.7 Å². The second-order valence-corrected chi connectivity index (χ2v) is 9.42. The summed E-state index contributed by atoms with van der Waals surface area (Å²) in [6, 6.07) is 14.9. The van der Waals surface area contributed by atoms with E-state index in [9.17, 15) is 10.1 Å². The second-order valence-electron chi connectivity index (χ2n) is 9.42. The quantitative estimate of drug-likeness (QED) is 0.448. The molecule has 0 atom stereocenters. The van der Waals surface area contributed by atoms with Crippen molar-refractivity contribution in [2.45, 2.75) is 37.6 Å². The molecule has 1 saturated heterocycles. The molecule has 3 N–H and O–H groups in total. The minimum atomic E-state index is -0.146. The summed E-state index contributed by atoms with van der Waals surface area (Å²) in [5.41, 5.74) is 5.98. The molecule has 0 radical (unpaired) electrons. The molecule has 0 bridgehead atoms. The molecule has 2 aliphatic rings. The average Bonchev–Trinajstić information content (AvgIpc) is 3.46. The molecule has 1 aliphatic carbocycles. The van der Waals surface area contributed by atoms with Crippen molar-refractivity contribution in [3.63, 3.8) is 0 Å². The Balaban J connectivity index is 1.10. The number of nitriles is 1. The molecule has 0 amide bonds. The van der Waals surface area contributed by atoms with Gasteiger partial charge in [-0.05, 0) is 67.5 Å². The van der Waals surface area contributed by atoms with Crippen LogP contribution < -0.4 is 10.6 Å². The van der Waals surface area contributed by atoms with Crippen molar-refractivity contribution < 1.29 is 0 Å². The van der Waals surface area contributed by atoms with E-state index in [1.807, 2.05) is 30.3 Å². The van der Waals surface area contributed by atoms with Crippen LogP contribution >= 0.6 is 0 Å². The van der Waals surface area contributed by atoms with Crippen LogP contribution in [0, 0.1) is 11.3 Å². The highest BCUT2D eigenvalue weighted by atomic mass is 16.1. The number of hydrogen-bond acceptors (Lipinski definition) is 4. The third kappa shape index (κ3) is 3.61. The molecule has 2 aromatic carbocycles. The van der Waals surface area contributed by atoms with Crippen LogP contribution in [0.4, 0.5) is 5.69 Å². The normalized spacial score (nSPS) is 22.1. The Morgan fingerprint density at radius 3 is 2.55 bits per heavy atom. The molecule has 3 heterocycles. The summed E-state index contributed by atoms with van der Waals surface area (Å²) in [4.78, 5) is 26.0. The standard InChI is InChI=1S/C26H28N6O/c27-15-17-4-9-22-20(14-17)21(16-28-22)18-5-7-19(8-6-18)31-10-12-32(13-11-31)24-3-1-2-23-25(24)30-26(33)29-23/h1-4,9,14,16,18-19,28H,5-8,10-13H2,(H2,29,30,33). The summed E-state index contributed by atoms with van der Waals surface area (Å²) in [5.74, 6) is 0.563. The number of hydrogen-bond donors (Lipinski definition) is 3. The molecule has 7 nitrogen and oxygen atoms in total. The topological polar surface area (TPSA) is 94.7 Å². The molecular formula is C26H28N6O. The fourth-order valence-corrected chi connectivity index (χ4v) is 5.94. The van der Waals surface area contributed by atoms with Crippen molar-refractivity contribution in [1.82, 2.24) is 19.9 Å². The first-order chi connectivity index (χ1) is 16.2. The first kappa shape index (κ1) is 20.1. The summed E-state index contributed by atoms with van der Waals surface area (Å²) >= 11 is 0. The van der Waals surface area contributed by atoms with Crippen LogP contribution in [0.15, 0.2) is 47.4 Å². The number of rotatable bonds is 3. The molecule has 4 aromatic rings. The molecule has 33 heavy (non-hydrogen) atoms. The Bertz CT molecular complexity index is 1390. The number of imidazole rings is 1. The van der Waals surface area contributed by atoms with Gasteiger partial charge in [0.2, 0.25) is 0 Å². The van der Waals surface area contributed by atoms with Gasteiger partial charge in [-0.2, -0.15) is 5.26 Å². The first-order valence-electron chi connectivity index (χ1n) is 11.9. The summed E-state index contributed by atoms with van der Waals surface area (Å²) in [7, 11) is 0. The zero-order valence-corrected chi connectivity index (χ0v) is 18.6. The highest BCUT2D eigenvalue weighted by Crippen LogP contribution is 2.38. The minimum absolute atomic E-state index is 0.146. The number of H-pyrrole nitrogens is 3. The lowest BCUT2D eigenvalue weighted by Crippen LogP contribution is -2.51. The van der Waals surface area contributed by atoms with E-state index in [1.54, 1.807) is 0 Å². The van der Waals surface area contributed by atoms with Gasteiger partial charge in [0, 0.05) is 49.3 Å². The molecule has 0 spiro atoms. The predicted molar refractivity (Wildman–Crippen MR) is 131 cm³/mol. The monoisotopic (exact) mass is 440 g/mol. The lowest BCUT2D eigenvalue weighted by Gasteiger charge is -2.42. The third-order valence-corrected chi connectivity index (χ3v) is 7.68. The largest absolute Gasteiger partial charge is 0.367 e. The number of fused-ring (bicyclic) bond motifs is 2. The van der Waals surface area contributed by atoms with Crippen LogP contribution in [-0.2, 0) is 0 Å². The molecule has 1 saturated carbocycles. The van der Waals surface area contributed by atoms with Gasteiger partial charge in [0.1, 0.15) is 0 Å². The van der Waals surface area contributed by atoms with Gasteiger partial charge in [-0.15, -0.1) is 0 Å². The van der Waals surface area contributed by atoms with E-state index in [1.165, 1.54) is 36.6 Å². The maximum atomic E-state index is 11.7. The van der Waals surface area contributed by atoms with Crippen LogP contribution in [0.3, 0.4) is 0 Å². The van der Waals surface area contributed by atoms with Crippen molar-refractivity contribution in [1.29, 1.82) is 5.26 Å². The first-order valence-corrected chi connectivity index (χ1v) is 11.9. The van der Waals surface area contributed by atoms with Crippen LogP contribution in [0.2, 0.25) is 0 Å². The van der Waals surface area contributed by atoms with Crippen LogP contribution in [0.25, 0.3) is 21.9 Å². The third-order valence-electron chi connectivity index (χ3n) is 7.68. The number of aromatic amines is 3. The molecule has 2 aromatic heterocycles. The van der Waals surface area contributed by atoms with E-state index in [0.717, 1.165) is 54.0 Å². The maximum absolute atomic E-state index is 11.7. The highest BCUT2D eigenvalue weighted by molar-refractivity contribution is 5.88. The van der Waals surface area contributed by atoms with Gasteiger partial charge in [0.25, 0.3) is 0 Å². The lowest BCUT2D eigenvalue weighted by atomic mass is 9.81. The fourth-order valence-electron chi connectivity index (χ4n) is 5.94. The maximum Gasteiger partial charge on any atom is 0.323 e. The number of para-hydroxylation sites is 1. The Morgan fingerprint density at radius 1 is 0.939 bits per heavy atom. The van der Waals surface area contributed by atoms with E-state index >= 15 is 0 Å². The molecular weight excluding hydrogens is 412 g/mol. The zero-order chi connectivity index (χ0) is 22.4. The second kappa shape index (κ2) is 8.13. The Labute approximate surface area is 192 Å². The summed E-state index contributed by atoms with van der Waals surface area (Å²) < 4.78 is 0. The Morgan fingerprint density at radius 2 is 1.76 bits per heavy atom. The zero-order valence-electron chi connectivity index (χ0n) is 18.6. The fraction of sp³-hybridized carbons (Fsp3) is 0.385. The van der Waals surface area contributed by atoms with Crippen molar-refractivity contribution in [2.24, 2.45) is 0 Å². The number of anilines is 1. The van der Waals surface area contributed by atoms with Gasteiger partial charge in [0.05, 0.1) is 28.4 Å². The summed E-state index contributed by atoms with van der Waals surface area (Å²) in [5, 5.41) is 10.5. The molecule has 2 fully saturated rings. The van der Waals surface area contributed by atoms with Crippen molar-refractivity contribution in [2.75, 3.05) is 31.1 Å². The van der Waals surface area contributed by atoms with Gasteiger partial charge < -0.3 is 19.9 Å². The van der Waals surface area contributed by atoms with E-state index in [2.05, 4.69) is 43.1 Å². The Kier molecular flexibility index (Phi) is 4.96. The summed E-state index contributed by atoms with van der Waals surface area (Å²) in [6.07, 6.45) is 6.98. The van der Waals surface area contributed by atoms with Gasteiger partial charge in [0.15, 0.2) is 0 Å². The van der Waals surface area contributed by atoms with Crippen molar-refractivity contribution in [3.8, 4) is 6.07 Å². The summed E-state index contributed by atoms with van der Waals surface area (Å²) in [6.45, 7) is 4.06.